The monoisotopic (exact) mass is 194 g/mol. The van der Waals surface area contributed by atoms with Crippen LogP contribution in [0.3, 0.4) is 0 Å². The van der Waals surface area contributed by atoms with Gasteiger partial charge in [0.25, 0.3) is 0 Å². The van der Waals surface area contributed by atoms with Crippen LogP contribution < -0.4 is 10.9 Å². The average molecular weight is 194 g/mol. The van der Waals surface area contributed by atoms with E-state index in [1.54, 1.807) is 17.6 Å². The van der Waals surface area contributed by atoms with Gasteiger partial charge in [0.05, 0.1) is 6.42 Å². The molecule has 5 heteroatoms. The van der Waals surface area contributed by atoms with E-state index in [4.69, 9.17) is 5.11 Å². The topological polar surface area (TPSA) is 78.4 Å². The minimum atomic E-state index is -1.29. The standard InChI is InChI=1S/C9H10N2O3/c12-8(10-11-9(13)14)6-7-4-2-1-3-5-7/h1-5,11H,6H2,(H,10,12)(H,13,14). The molecular weight excluding hydrogens is 184 g/mol. The summed E-state index contributed by atoms with van der Waals surface area (Å²) >= 11 is 0. The number of carbonyl (C=O) groups is 2. The van der Waals surface area contributed by atoms with Crippen molar-refractivity contribution in [2.45, 2.75) is 6.42 Å². The number of carboxylic acid groups (broad SMARTS) is 1. The fourth-order valence-corrected chi connectivity index (χ4v) is 0.949. The van der Waals surface area contributed by atoms with Crippen molar-refractivity contribution in [3.63, 3.8) is 0 Å². The SMILES string of the molecule is O=C(O)NNC(=O)Cc1ccccc1. The molecule has 14 heavy (non-hydrogen) atoms. The molecule has 5 nitrogen and oxygen atoms in total. The summed E-state index contributed by atoms with van der Waals surface area (Å²) in [5.41, 5.74) is 4.66. The van der Waals surface area contributed by atoms with E-state index in [1.807, 2.05) is 23.6 Å². The summed E-state index contributed by atoms with van der Waals surface area (Å²) in [5.74, 6) is -0.390. The molecule has 0 aromatic heterocycles. The van der Waals surface area contributed by atoms with Gasteiger partial charge in [0.2, 0.25) is 5.91 Å². The Kier molecular flexibility index (Phi) is 3.49. The van der Waals surface area contributed by atoms with E-state index in [2.05, 4.69) is 0 Å². The summed E-state index contributed by atoms with van der Waals surface area (Å²) in [6.45, 7) is 0. The van der Waals surface area contributed by atoms with E-state index >= 15 is 0 Å². The summed E-state index contributed by atoms with van der Waals surface area (Å²) in [6.07, 6.45) is -1.13. The lowest BCUT2D eigenvalue weighted by Gasteiger charge is -2.03. The Labute approximate surface area is 80.7 Å². The van der Waals surface area contributed by atoms with Crippen molar-refractivity contribution in [1.82, 2.24) is 10.9 Å². The molecule has 74 valence electrons. The lowest BCUT2D eigenvalue weighted by molar-refractivity contribution is -0.121. The smallest absolute Gasteiger partial charge is 0.423 e. The first-order valence-electron chi connectivity index (χ1n) is 4.00. The highest BCUT2D eigenvalue weighted by atomic mass is 16.4. The molecule has 0 atom stereocenters. The van der Waals surface area contributed by atoms with Crippen molar-refractivity contribution in [2.75, 3.05) is 0 Å². The van der Waals surface area contributed by atoms with Gasteiger partial charge >= 0.3 is 6.09 Å². The summed E-state index contributed by atoms with van der Waals surface area (Å²) < 4.78 is 0. The Balaban J connectivity index is 2.38. The predicted molar refractivity (Wildman–Crippen MR) is 49.4 cm³/mol. The molecule has 0 heterocycles. The quantitative estimate of drug-likeness (QED) is 0.601. The maximum absolute atomic E-state index is 11.1. The molecule has 1 rings (SSSR count). The Morgan fingerprint density at radius 3 is 2.36 bits per heavy atom. The van der Waals surface area contributed by atoms with Crippen molar-refractivity contribution in [3.8, 4) is 0 Å². The average Bonchev–Trinajstić information content (AvgIpc) is 2.16. The molecular formula is C9H10N2O3. The van der Waals surface area contributed by atoms with Crippen LogP contribution >= 0.6 is 0 Å². The van der Waals surface area contributed by atoms with Crippen LogP contribution in [-0.4, -0.2) is 17.1 Å². The van der Waals surface area contributed by atoms with Gasteiger partial charge in [0.15, 0.2) is 0 Å². The first kappa shape index (κ1) is 10.0. The van der Waals surface area contributed by atoms with Crippen LogP contribution in [0.25, 0.3) is 0 Å². The second-order valence-corrected chi connectivity index (χ2v) is 2.64. The maximum Gasteiger partial charge on any atom is 0.423 e. The summed E-state index contributed by atoms with van der Waals surface area (Å²) in [7, 11) is 0. The lowest BCUT2D eigenvalue weighted by atomic mass is 10.1. The number of hydrogen-bond donors (Lipinski definition) is 3. The normalized spacial score (nSPS) is 9.14. The van der Waals surface area contributed by atoms with E-state index < -0.39 is 12.0 Å². The van der Waals surface area contributed by atoms with E-state index in [0.29, 0.717) is 0 Å². The second-order valence-electron chi connectivity index (χ2n) is 2.64. The predicted octanol–water partition coefficient (Wildman–Crippen LogP) is 0.528. The number of hydrazine groups is 1. The molecule has 0 unspecified atom stereocenters. The fraction of sp³-hybridized carbons (Fsp3) is 0.111. The molecule has 0 bridgehead atoms. The first-order chi connectivity index (χ1) is 6.68. The first-order valence-corrected chi connectivity index (χ1v) is 4.00. The van der Waals surface area contributed by atoms with Crippen LogP contribution in [0.1, 0.15) is 5.56 Å². The number of amides is 2. The van der Waals surface area contributed by atoms with Crippen molar-refractivity contribution >= 4 is 12.0 Å². The van der Waals surface area contributed by atoms with Gasteiger partial charge in [-0.25, -0.2) is 10.2 Å². The van der Waals surface area contributed by atoms with Crippen molar-refractivity contribution in [3.05, 3.63) is 35.9 Å². The highest BCUT2D eigenvalue weighted by molar-refractivity contribution is 5.80. The van der Waals surface area contributed by atoms with Gasteiger partial charge in [0, 0.05) is 0 Å². The molecule has 3 N–H and O–H groups in total. The molecule has 0 spiro atoms. The van der Waals surface area contributed by atoms with Gasteiger partial charge in [0.1, 0.15) is 0 Å². The van der Waals surface area contributed by atoms with Crippen molar-refractivity contribution < 1.29 is 14.7 Å². The van der Waals surface area contributed by atoms with E-state index in [-0.39, 0.29) is 6.42 Å². The second kappa shape index (κ2) is 4.86. The van der Waals surface area contributed by atoms with Gasteiger partial charge in [-0.15, -0.1) is 0 Å². The lowest BCUT2D eigenvalue weighted by Crippen LogP contribution is -2.41. The third-order valence-corrected chi connectivity index (χ3v) is 1.52. The van der Waals surface area contributed by atoms with Gasteiger partial charge in [-0.2, -0.15) is 0 Å². The van der Waals surface area contributed by atoms with Crippen molar-refractivity contribution in [1.29, 1.82) is 0 Å². The number of carbonyl (C=O) groups excluding carboxylic acids is 1. The molecule has 1 aromatic rings. The van der Waals surface area contributed by atoms with Crippen LogP contribution in [0.5, 0.6) is 0 Å². The number of hydrogen-bond acceptors (Lipinski definition) is 2. The highest BCUT2D eigenvalue weighted by Crippen LogP contribution is 1.98. The zero-order valence-electron chi connectivity index (χ0n) is 7.36. The van der Waals surface area contributed by atoms with Gasteiger partial charge in [-0.05, 0) is 5.56 Å². The van der Waals surface area contributed by atoms with Crippen LogP contribution in [0.2, 0.25) is 0 Å². The van der Waals surface area contributed by atoms with Crippen LogP contribution in [-0.2, 0) is 11.2 Å². The third-order valence-electron chi connectivity index (χ3n) is 1.52. The molecule has 0 aliphatic rings. The molecule has 0 fully saturated rings. The highest BCUT2D eigenvalue weighted by Gasteiger charge is 2.02. The molecule has 0 saturated carbocycles. The Morgan fingerprint density at radius 2 is 1.79 bits per heavy atom. The Hall–Kier alpha value is -2.04. The molecule has 0 radical (unpaired) electrons. The van der Waals surface area contributed by atoms with E-state index in [0.717, 1.165) is 5.56 Å². The maximum atomic E-state index is 11.1. The molecule has 0 aliphatic heterocycles. The molecule has 0 aliphatic carbocycles. The largest absolute Gasteiger partial charge is 0.464 e. The Bertz CT molecular complexity index is 324. The van der Waals surface area contributed by atoms with Gasteiger partial charge in [-0.3, -0.25) is 10.2 Å². The minimum absolute atomic E-state index is 0.154. The molecule has 0 saturated heterocycles. The minimum Gasteiger partial charge on any atom is -0.464 e. The molecule has 2 amide bonds. The fourth-order valence-electron chi connectivity index (χ4n) is 0.949. The van der Waals surface area contributed by atoms with Crippen LogP contribution in [0, 0.1) is 0 Å². The third kappa shape index (κ3) is 3.57. The number of benzene rings is 1. The molecule has 1 aromatic carbocycles. The summed E-state index contributed by atoms with van der Waals surface area (Å²) in [4.78, 5) is 21.1. The summed E-state index contributed by atoms with van der Waals surface area (Å²) in [6, 6.07) is 9.05. The number of rotatable bonds is 2. The van der Waals surface area contributed by atoms with Crippen molar-refractivity contribution in [2.24, 2.45) is 0 Å². The number of nitrogens with one attached hydrogen (secondary N) is 2. The van der Waals surface area contributed by atoms with Crippen LogP contribution in [0.4, 0.5) is 4.79 Å². The van der Waals surface area contributed by atoms with E-state index in [1.165, 1.54) is 0 Å². The zero-order chi connectivity index (χ0) is 10.4. The summed E-state index contributed by atoms with van der Waals surface area (Å²) in [5, 5.41) is 8.20. The van der Waals surface area contributed by atoms with Gasteiger partial charge in [-0.1, -0.05) is 30.3 Å². The zero-order valence-corrected chi connectivity index (χ0v) is 7.36. The van der Waals surface area contributed by atoms with E-state index in [9.17, 15) is 9.59 Å². The van der Waals surface area contributed by atoms with Gasteiger partial charge < -0.3 is 5.11 Å². The Morgan fingerprint density at radius 1 is 1.14 bits per heavy atom. The van der Waals surface area contributed by atoms with Crippen LogP contribution in [0.15, 0.2) is 30.3 Å².